The van der Waals surface area contributed by atoms with Crippen LogP contribution in [0.2, 0.25) is 0 Å². The smallest absolute Gasteiger partial charge is 0.337 e. The number of ether oxygens (including phenoxy) is 1. The molecule has 1 aromatic rings. The lowest BCUT2D eigenvalue weighted by atomic mass is 10.2. The van der Waals surface area contributed by atoms with Crippen LogP contribution in [0, 0.1) is 0 Å². The molecule has 1 aliphatic heterocycles. The summed E-state index contributed by atoms with van der Waals surface area (Å²) in [6.45, 7) is 0.963. The molecule has 3 nitrogen and oxygen atoms in total. The van der Waals surface area contributed by atoms with Crippen molar-refractivity contribution < 1.29 is 9.53 Å². The Hall–Kier alpha value is -1.16. The van der Waals surface area contributed by atoms with Crippen molar-refractivity contribution in [1.29, 1.82) is 0 Å². The summed E-state index contributed by atoms with van der Waals surface area (Å²) in [4.78, 5) is 12.5. The van der Waals surface area contributed by atoms with E-state index >= 15 is 0 Å². The first kappa shape index (κ1) is 10.4. The molecule has 80 valence electrons. The molecule has 1 aromatic carbocycles. The maximum absolute atomic E-state index is 11.3. The van der Waals surface area contributed by atoms with Crippen molar-refractivity contribution >= 4 is 23.4 Å². The number of benzene rings is 1. The quantitative estimate of drug-likeness (QED) is 0.742. The highest BCUT2D eigenvalue weighted by atomic mass is 32.2. The molecule has 0 fully saturated rings. The Morgan fingerprint density at radius 1 is 1.53 bits per heavy atom. The van der Waals surface area contributed by atoms with E-state index in [1.807, 2.05) is 30.0 Å². The minimum atomic E-state index is -0.283. The van der Waals surface area contributed by atoms with Crippen molar-refractivity contribution in [3.8, 4) is 0 Å². The number of esters is 1. The molecule has 0 atom stereocenters. The summed E-state index contributed by atoms with van der Waals surface area (Å²) in [6, 6.07) is 5.65. The second kappa shape index (κ2) is 4.57. The zero-order valence-corrected chi connectivity index (χ0v) is 9.39. The van der Waals surface area contributed by atoms with Gasteiger partial charge in [0, 0.05) is 17.1 Å². The Kier molecular flexibility index (Phi) is 3.16. The van der Waals surface area contributed by atoms with E-state index < -0.39 is 0 Å². The molecule has 1 aliphatic rings. The number of carbonyl (C=O) groups is 1. The van der Waals surface area contributed by atoms with E-state index in [1.165, 1.54) is 12.0 Å². The molecule has 1 N–H and O–H groups in total. The lowest BCUT2D eigenvalue weighted by molar-refractivity contribution is 0.0600. The van der Waals surface area contributed by atoms with Crippen LogP contribution in [0.25, 0.3) is 0 Å². The highest BCUT2D eigenvalue weighted by Crippen LogP contribution is 2.31. The SMILES string of the molecule is COC(=O)c1ccc2c(c1)NCCCS2. The van der Waals surface area contributed by atoms with E-state index in [-0.39, 0.29) is 5.97 Å². The van der Waals surface area contributed by atoms with E-state index in [2.05, 4.69) is 10.1 Å². The molecule has 1 heterocycles. The third kappa shape index (κ3) is 2.26. The summed E-state index contributed by atoms with van der Waals surface area (Å²) in [6.07, 6.45) is 1.15. The predicted octanol–water partition coefficient (Wildman–Crippen LogP) is 2.38. The molecule has 0 bridgehead atoms. The maximum atomic E-state index is 11.3. The normalized spacial score (nSPS) is 14.7. The lowest BCUT2D eigenvalue weighted by Crippen LogP contribution is -2.04. The third-order valence-electron chi connectivity index (χ3n) is 2.29. The van der Waals surface area contributed by atoms with Gasteiger partial charge in [0.05, 0.1) is 12.7 Å². The number of anilines is 1. The number of nitrogens with one attached hydrogen (secondary N) is 1. The van der Waals surface area contributed by atoms with Crippen LogP contribution < -0.4 is 5.32 Å². The van der Waals surface area contributed by atoms with E-state index in [9.17, 15) is 4.79 Å². The summed E-state index contributed by atoms with van der Waals surface area (Å²) >= 11 is 1.82. The first-order valence-corrected chi connectivity index (χ1v) is 5.89. The van der Waals surface area contributed by atoms with Gasteiger partial charge in [-0.2, -0.15) is 0 Å². The van der Waals surface area contributed by atoms with Crippen molar-refractivity contribution in [2.45, 2.75) is 11.3 Å². The molecular formula is C11H13NO2S. The van der Waals surface area contributed by atoms with Gasteiger partial charge in [0.25, 0.3) is 0 Å². The molecule has 0 radical (unpaired) electrons. The zero-order valence-electron chi connectivity index (χ0n) is 8.58. The third-order valence-corrected chi connectivity index (χ3v) is 3.45. The summed E-state index contributed by atoms with van der Waals surface area (Å²) < 4.78 is 4.69. The maximum Gasteiger partial charge on any atom is 0.337 e. The zero-order chi connectivity index (χ0) is 10.7. The Bertz CT molecular complexity index is 379. The van der Waals surface area contributed by atoms with Crippen LogP contribution >= 0.6 is 11.8 Å². The van der Waals surface area contributed by atoms with Crippen molar-refractivity contribution in [2.24, 2.45) is 0 Å². The van der Waals surface area contributed by atoms with Gasteiger partial charge in [0.15, 0.2) is 0 Å². The number of hydrogen-bond acceptors (Lipinski definition) is 4. The fourth-order valence-electron chi connectivity index (χ4n) is 1.52. The number of methoxy groups -OCH3 is 1. The highest BCUT2D eigenvalue weighted by molar-refractivity contribution is 7.99. The van der Waals surface area contributed by atoms with Crippen LogP contribution in [0.5, 0.6) is 0 Å². The predicted molar refractivity (Wildman–Crippen MR) is 61.6 cm³/mol. The van der Waals surface area contributed by atoms with Gasteiger partial charge in [-0.3, -0.25) is 0 Å². The van der Waals surface area contributed by atoms with Crippen molar-refractivity contribution in [1.82, 2.24) is 0 Å². The van der Waals surface area contributed by atoms with Crippen molar-refractivity contribution in [3.05, 3.63) is 23.8 Å². The molecule has 0 saturated heterocycles. The molecule has 0 unspecified atom stereocenters. The summed E-state index contributed by atoms with van der Waals surface area (Å²) in [5.41, 5.74) is 1.65. The number of hydrogen-bond donors (Lipinski definition) is 1. The van der Waals surface area contributed by atoms with Gasteiger partial charge in [0.1, 0.15) is 0 Å². The van der Waals surface area contributed by atoms with Crippen molar-refractivity contribution in [3.63, 3.8) is 0 Å². The molecular weight excluding hydrogens is 210 g/mol. The number of fused-ring (bicyclic) bond motifs is 1. The Balaban J connectivity index is 2.31. The topological polar surface area (TPSA) is 38.3 Å². The molecule has 0 spiro atoms. The number of carbonyl (C=O) groups excluding carboxylic acids is 1. The fraction of sp³-hybridized carbons (Fsp3) is 0.364. The standard InChI is InChI=1S/C11H13NO2S/c1-14-11(13)8-3-4-10-9(7-8)12-5-2-6-15-10/h3-4,7,12H,2,5-6H2,1H3. The van der Waals surface area contributed by atoms with Crippen molar-refractivity contribution in [2.75, 3.05) is 24.7 Å². The molecule has 15 heavy (non-hydrogen) atoms. The average Bonchev–Trinajstić information content (AvgIpc) is 2.51. The van der Waals surface area contributed by atoms with E-state index in [4.69, 9.17) is 0 Å². The van der Waals surface area contributed by atoms with Crippen LogP contribution in [-0.2, 0) is 4.74 Å². The first-order valence-electron chi connectivity index (χ1n) is 4.90. The molecule has 0 aromatic heterocycles. The Morgan fingerprint density at radius 2 is 2.40 bits per heavy atom. The largest absolute Gasteiger partial charge is 0.465 e. The summed E-state index contributed by atoms with van der Waals surface area (Å²) in [5, 5.41) is 3.32. The average molecular weight is 223 g/mol. The first-order chi connectivity index (χ1) is 7.31. The van der Waals surface area contributed by atoms with Crippen LogP contribution in [0.15, 0.2) is 23.1 Å². The molecule has 0 amide bonds. The van der Waals surface area contributed by atoms with Gasteiger partial charge in [-0.1, -0.05) is 0 Å². The summed E-state index contributed by atoms with van der Waals surface area (Å²) in [5.74, 6) is 0.839. The Morgan fingerprint density at radius 3 is 3.20 bits per heavy atom. The minimum absolute atomic E-state index is 0.283. The van der Waals surface area contributed by atoms with Gasteiger partial charge < -0.3 is 10.1 Å². The monoisotopic (exact) mass is 223 g/mol. The number of rotatable bonds is 1. The van der Waals surface area contributed by atoms with E-state index in [1.54, 1.807) is 0 Å². The van der Waals surface area contributed by atoms with Crippen LogP contribution in [-0.4, -0.2) is 25.4 Å². The lowest BCUT2D eigenvalue weighted by Gasteiger charge is -2.08. The van der Waals surface area contributed by atoms with Crippen LogP contribution in [0.1, 0.15) is 16.8 Å². The number of thioether (sulfide) groups is 1. The highest BCUT2D eigenvalue weighted by Gasteiger charge is 2.11. The van der Waals surface area contributed by atoms with Gasteiger partial charge >= 0.3 is 5.97 Å². The summed E-state index contributed by atoms with van der Waals surface area (Å²) in [7, 11) is 1.40. The molecule has 2 rings (SSSR count). The second-order valence-electron chi connectivity index (χ2n) is 3.33. The van der Waals surface area contributed by atoms with Crippen LogP contribution in [0.4, 0.5) is 5.69 Å². The second-order valence-corrected chi connectivity index (χ2v) is 4.47. The molecule has 4 heteroatoms. The van der Waals surface area contributed by atoms with Gasteiger partial charge in [-0.25, -0.2) is 4.79 Å². The van der Waals surface area contributed by atoms with E-state index in [0.717, 1.165) is 24.4 Å². The van der Waals surface area contributed by atoms with Gasteiger partial charge in [-0.05, 0) is 30.4 Å². The molecule has 0 saturated carbocycles. The minimum Gasteiger partial charge on any atom is -0.465 e. The van der Waals surface area contributed by atoms with E-state index in [0.29, 0.717) is 5.56 Å². The fourth-order valence-corrected chi connectivity index (χ4v) is 2.48. The van der Waals surface area contributed by atoms with Crippen LogP contribution in [0.3, 0.4) is 0 Å². The Labute approximate surface area is 93.2 Å². The van der Waals surface area contributed by atoms with Gasteiger partial charge in [-0.15, -0.1) is 11.8 Å². The molecule has 0 aliphatic carbocycles. The van der Waals surface area contributed by atoms with Gasteiger partial charge in [0.2, 0.25) is 0 Å².